The molecule has 3 heterocycles. The molecular weight excluding hydrogens is 457 g/mol. The highest BCUT2D eigenvalue weighted by atomic mass is 19.4. The van der Waals surface area contributed by atoms with Crippen LogP contribution in [0.3, 0.4) is 0 Å². The van der Waals surface area contributed by atoms with Gasteiger partial charge in [-0.2, -0.15) is 23.4 Å². The highest BCUT2D eigenvalue weighted by Gasteiger charge is 2.36. The number of anilines is 1. The highest BCUT2D eigenvalue weighted by Crippen LogP contribution is 2.34. The second kappa shape index (κ2) is 9.30. The summed E-state index contributed by atoms with van der Waals surface area (Å²) in [6.45, 7) is 7.28. The third-order valence-electron chi connectivity index (χ3n) is 6.89. The van der Waals surface area contributed by atoms with Crippen LogP contribution in [0.2, 0.25) is 0 Å². The van der Waals surface area contributed by atoms with Crippen molar-refractivity contribution < 1.29 is 13.2 Å². The van der Waals surface area contributed by atoms with Gasteiger partial charge in [-0.25, -0.2) is 9.78 Å². The maximum Gasteiger partial charge on any atom is 0.416 e. The highest BCUT2D eigenvalue weighted by molar-refractivity contribution is 5.86. The molecule has 2 aromatic heterocycles. The Morgan fingerprint density at radius 1 is 1.14 bits per heavy atom. The lowest BCUT2D eigenvalue weighted by atomic mass is 9.98. The van der Waals surface area contributed by atoms with Crippen LogP contribution in [0.25, 0.3) is 11.0 Å². The second-order valence-corrected chi connectivity index (χ2v) is 9.01. The number of hydrogen-bond acceptors (Lipinski definition) is 6. The molecule has 0 aliphatic carbocycles. The van der Waals surface area contributed by atoms with Gasteiger partial charge in [0.05, 0.1) is 11.1 Å². The number of alkyl halides is 3. The van der Waals surface area contributed by atoms with Crippen LogP contribution in [0.5, 0.6) is 0 Å². The topological polar surface area (TPSA) is 78.0 Å². The summed E-state index contributed by atoms with van der Waals surface area (Å²) < 4.78 is 40.4. The average molecular weight is 485 g/mol. The summed E-state index contributed by atoms with van der Waals surface area (Å²) in [5.41, 5.74) is 1.09. The predicted molar refractivity (Wildman–Crippen MR) is 127 cm³/mol. The summed E-state index contributed by atoms with van der Waals surface area (Å²) in [6, 6.07) is 10.6. The van der Waals surface area contributed by atoms with Gasteiger partial charge in [-0.1, -0.05) is 19.1 Å². The Bertz CT molecular complexity index is 1330. The molecule has 10 heteroatoms. The number of aryl methyl sites for hydroxylation is 1. The Hall–Kier alpha value is -3.45. The first-order chi connectivity index (χ1) is 16.5. The van der Waals surface area contributed by atoms with Crippen molar-refractivity contribution in [1.82, 2.24) is 19.4 Å². The Morgan fingerprint density at radius 3 is 2.43 bits per heavy atom. The van der Waals surface area contributed by atoms with Gasteiger partial charge in [0.2, 0.25) is 0 Å². The molecule has 0 N–H and O–H groups in total. The first-order valence-electron chi connectivity index (χ1n) is 11.5. The minimum atomic E-state index is -4.37. The van der Waals surface area contributed by atoms with E-state index in [-0.39, 0.29) is 23.8 Å². The van der Waals surface area contributed by atoms with Gasteiger partial charge < -0.3 is 4.90 Å². The van der Waals surface area contributed by atoms with Crippen molar-refractivity contribution in [2.75, 3.05) is 18.0 Å². The van der Waals surface area contributed by atoms with Gasteiger partial charge in [0, 0.05) is 38.3 Å². The van der Waals surface area contributed by atoms with E-state index < -0.39 is 17.4 Å². The monoisotopic (exact) mass is 484 g/mol. The number of rotatable bonds is 4. The number of nitriles is 1. The summed E-state index contributed by atoms with van der Waals surface area (Å²) in [6.07, 6.45) is -3.57. The fourth-order valence-electron chi connectivity index (χ4n) is 4.81. The van der Waals surface area contributed by atoms with E-state index in [9.17, 15) is 23.2 Å². The fourth-order valence-corrected chi connectivity index (χ4v) is 4.81. The molecule has 3 atom stereocenters. The molecule has 0 bridgehead atoms. The van der Waals surface area contributed by atoms with Crippen LogP contribution in [0.15, 0.2) is 41.2 Å². The standard InChI is InChI=1S/C25H27F3N6O/c1-5-20-14-33(23-22-21(32(4)24(35)31-23)11-10-19(12-29)30-22)15(2)13-34(20)16(3)17-6-8-18(9-7-17)25(26,27)28/h6-11,15-16,20H,5,13-14H2,1-4H3/t15?,16?,20-/m1/s1. The van der Waals surface area contributed by atoms with Gasteiger partial charge in [-0.05, 0) is 50.1 Å². The molecule has 4 rings (SSSR count). The number of nitrogens with zero attached hydrogens (tertiary/aromatic N) is 6. The Kier molecular flexibility index (Phi) is 6.56. The van der Waals surface area contributed by atoms with Gasteiger partial charge in [0.1, 0.15) is 17.3 Å². The Balaban J connectivity index is 1.67. The van der Waals surface area contributed by atoms with Crippen molar-refractivity contribution in [1.29, 1.82) is 5.26 Å². The maximum absolute atomic E-state index is 13.0. The van der Waals surface area contributed by atoms with E-state index >= 15 is 0 Å². The lowest BCUT2D eigenvalue weighted by molar-refractivity contribution is -0.137. The van der Waals surface area contributed by atoms with Crippen molar-refractivity contribution >= 4 is 16.9 Å². The van der Waals surface area contributed by atoms with Crippen LogP contribution in [0, 0.1) is 11.3 Å². The lowest BCUT2D eigenvalue weighted by Gasteiger charge is -2.48. The van der Waals surface area contributed by atoms with Crippen LogP contribution < -0.4 is 10.6 Å². The van der Waals surface area contributed by atoms with Crippen LogP contribution in [-0.2, 0) is 13.2 Å². The molecule has 0 radical (unpaired) electrons. The second-order valence-electron chi connectivity index (χ2n) is 9.01. The quantitative estimate of drug-likeness (QED) is 0.551. The molecule has 2 unspecified atom stereocenters. The molecule has 3 aromatic rings. The number of benzene rings is 1. The first kappa shape index (κ1) is 24.7. The van der Waals surface area contributed by atoms with Crippen molar-refractivity contribution in [2.45, 2.75) is 51.5 Å². The first-order valence-corrected chi connectivity index (χ1v) is 11.5. The lowest BCUT2D eigenvalue weighted by Crippen LogP contribution is -2.58. The molecule has 1 fully saturated rings. The number of hydrogen-bond donors (Lipinski definition) is 0. The number of piperazine rings is 1. The summed E-state index contributed by atoms with van der Waals surface area (Å²) in [5, 5.41) is 9.34. The largest absolute Gasteiger partial charge is 0.416 e. The molecule has 0 amide bonds. The molecule has 1 aliphatic rings. The molecule has 0 saturated carbocycles. The van der Waals surface area contributed by atoms with Gasteiger partial charge in [0.25, 0.3) is 0 Å². The van der Waals surface area contributed by atoms with Gasteiger partial charge in [-0.15, -0.1) is 0 Å². The van der Waals surface area contributed by atoms with E-state index in [0.717, 1.165) is 24.1 Å². The Morgan fingerprint density at radius 2 is 1.83 bits per heavy atom. The minimum Gasteiger partial charge on any atom is -0.349 e. The van der Waals surface area contributed by atoms with Crippen molar-refractivity contribution in [2.24, 2.45) is 7.05 Å². The third-order valence-corrected chi connectivity index (χ3v) is 6.89. The zero-order valence-corrected chi connectivity index (χ0v) is 20.0. The van der Waals surface area contributed by atoms with Crippen molar-refractivity contribution in [3.63, 3.8) is 0 Å². The number of fused-ring (bicyclic) bond motifs is 1. The van der Waals surface area contributed by atoms with E-state index in [1.165, 1.54) is 4.57 Å². The zero-order chi connectivity index (χ0) is 25.5. The molecule has 184 valence electrons. The van der Waals surface area contributed by atoms with E-state index in [4.69, 9.17) is 0 Å². The van der Waals surface area contributed by atoms with Crippen LogP contribution in [0.4, 0.5) is 19.0 Å². The SMILES string of the molecule is CC[C@@H]1CN(c2nc(=O)n(C)c3ccc(C#N)nc23)C(C)CN1C(C)c1ccc(C(F)(F)F)cc1. The zero-order valence-electron chi connectivity index (χ0n) is 20.0. The van der Waals surface area contributed by atoms with Gasteiger partial charge in [-0.3, -0.25) is 9.47 Å². The molecule has 1 saturated heterocycles. The van der Waals surface area contributed by atoms with Crippen LogP contribution in [0.1, 0.15) is 50.1 Å². The van der Waals surface area contributed by atoms with E-state index in [1.54, 1.807) is 31.3 Å². The maximum atomic E-state index is 13.0. The number of pyridine rings is 1. The van der Waals surface area contributed by atoms with Crippen LogP contribution in [-0.4, -0.2) is 44.6 Å². The van der Waals surface area contributed by atoms with Gasteiger partial charge >= 0.3 is 11.9 Å². The summed E-state index contributed by atoms with van der Waals surface area (Å²) >= 11 is 0. The van der Waals surface area contributed by atoms with E-state index in [0.29, 0.717) is 29.9 Å². The van der Waals surface area contributed by atoms with E-state index in [2.05, 4.69) is 26.7 Å². The molecule has 1 aromatic carbocycles. The molecule has 1 aliphatic heterocycles. The third kappa shape index (κ3) is 4.60. The molecular formula is C25H27F3N6O. The van der Waals surface area contributed by atoms with Crippen molar-refractivity contribution in [3.8, 4) is 6.07 Å². The van der Waals surface area contributed by atoms with Crippen molar-refractivity contribution in [3.05, 3.63) is 63.7 Å². The summed E-state index contributed by atoms with van der Waals surface area (Å²) in [5.74, 6) is 0.452. The number of halogens is 3. The van der Waals surface area contributed by atoms with Gasteiger partial charge in [0.15, 0.2) is 5.82 Å². The van der Waals surface area contributed by atoms with E-state index in [1.807, 2.05) is 19.9 Å². The normalized spacial score (nSPS) is 20.1. The smallest absolute Gasteiger partial charge is 0.349 e. The summed E-state index contributed by atoms with van der Waals surface area (Å²) in [4.78, 5) is 25.7. The molecule has 35 heavy (non-hydrogen) atoms. The van der Waals surface area contributed by atoms with Crippen LogP contribution >= 0.6 is 0 Å². The Labute approximate surface area is 201 Å². The number of aromatic nitrogens is 3. The fraction of sp³-hybridized carbons (Fsp3) is 0.440. The molecule has 7 nitrogen and oxygen atoms in total. The predicted octanol–water partition coefficient (Wildman–Crippen LogP) is 4.27. The summed E-state index contributed by atoms with van der Waals surface area (Å²) in [7, 11) is 1.62. The molecule has 0 spiro atoms. The average Bonchev–Trinajstić information content (AvgIpc) is 2.85. The minimum absolute atomic E-state index is 0.0509.